The van der Waals surface area contributed by atoms with Gasteiger partial charge in [0.15, 0.2) is 0 Å². The summed E-state index contributed by atoms with van der Waals surface area (Å²) in [5.74, 6) is -1.74. The maximum absolute atomic E-state index is 13.5. The van der Waals surface area contributed by atoms with Crippen LogP contribution < -0.4 is 4.90 Å². The lowest BCUT2D eigenvalue weighted by Gasteiger charge is -2.37. The molecule has 2 amide bonds. The van der Waals surface area contributed by atoms with Gasteiger partial charge < -0.3 is 19.4 Å². The van der Waals surface area contributed by atoms with Gasteiger partial charge in [0.05, 0.1) is 24.3 Å². The van der Waals surface area contributed by atoms with E-state index >= 15 is 0 Å². The van der Waals surface area contributed by atoms with Crippen LogP contribution in [0.15, 0.2) is 84.1 Å². The quantitative estimate of drug-likeness (QED) is 0.289. The molecule has 1 fully saturated rings. The molecule has 3 aromatic rings. The number of carbonyl (C=O) groups is 3. The summed E-state index contributed by atoms with van der Waals surface area (Å²) in [5, 5.41) is 0. The normalized spacial score (nSPS) is 17.5. The van der Waals surface area contributed by atoms with Crippen LogP contribution in [-0.2, 0) is 27.0 Å². The zero-order valence-electron chi connectivity index (χ0n) is 25.6. The first kappa shape index (κ1) is 31.8. The number of esters is 1. The van der Waals surface area contributed by atoms with E-state index in [9.17, 15) is 27.6 Å². The summed E-state index contributed by atoms with van der Waals surface area (Å²) >= 11 is 0. The molecule has 0 radical (unpaired) electrons. The number of benzene rings is 3. The monoisotopic (exact) mass is 619 g/mol. The molecule has 1 atom stereocenters. The summed E-state index contributed by atoms with van der Waals surface area (Å²) in [6.45, 7) is 8.21. The molecule has 2 aliphatic rings. The predicted octanol–water partition coefficient (Wildman–Crippen LogP) is 6.33. The molecule has 236 valence electrons. The van der Waals surface area contributed by atoms with Crippen LogP contribution in [0.2, 0.25) is 0 Å². The van der Waals surface area contributed by atoms with E-state index in [1.807, 2.05) is 23.1 Å². The number of nitrogens with zero attached hydrogens (tertiary/aromatic N) is 3. The number of hydrogen-bond donors (Lipinski definition) is 0. The third-order valence-corrected chi connectivity index (χ3v) is 8.50. The van der Waals surface area contributed by atoms with Crippen molar-refractivity contribution in [2.75, 3.05) is 37.7 Å². The fourth-order valence-corrected chi connectivity index (χ4v) is 6.10. The van der Waals surface area contributed by atoms with Crippen molar-refractivity contribution in [3.05, 3.63) is 112 Å². The third-order valence-electron chi connectivity index (χ3n) is 8.50. The van der Waals surface area contributed by atoms with Crippen LogP contribution in [-0.4, -0.2) is 60.4 Å². The average molecular weight is 620 g/mol. The van der Waals surface area contributed by atoms with Gasteiger partial charge in [-0.2, -0.15) is 13.2 Å². The van der Waals surface area contributed by atoms with Crippen molar-refractivity contribution in [2.24, 2.45) is 0 Å². The lowest BCUT2D eigenvalue weighted by Crippen LogP contribution is -2.49. The molecule has 2 aliphatic heterocycles. The van der Waals surface area contributed by atoms with E-state index in [0.717, 1.165) is 25.2 Å². The lowest BCUT2D eigenvalue weighted by atomic mass is 9.83. The Morgan fingerprint density at radius 3 is 2.24 bits per heavy atom. The molecule has 45 heavy (non-hydrogen) atoms. The van der Waals surface area contributed by atoms with Crippen molar-refractivity contribution in [1.29, 1.82) is 0 Å². The van der Waals surface area contributed by atoms with E-state index in [4.69, 9.17) is 4.74 Å². The van der Waals surface area contributed by atoms with Crippen LogP contribution in [0, 0.1) is 6.92 Å². The van der Waals surface area contributed by atoms with Gasteiger partial charge in [0, 0.05) is 55.5 Å². The van der Waals surface area contributed by atoms with Gasteiger partial charge >= 0.3 is 12.1 Å². The first-order valence-electron chi connectivity index (χ1n) is 15.0. The van der Waals surface area contributed by atoms with Crippen molar-refractivity contribution in [1.82, 2.24) is 9.80 Å². The molecule has 1 saturated heterocycles. The predicted molar refractivity (Wildman–Crippen MR) is 164 cm³/mol. The molecule has 0 bridgehead atoms. The molecule has 0 aliphatic carbocycles. The number of hydrogen-bond acceptors (Lipinski definition) is 5. The minimum atomic E-state index is -4.50. The number of ether oxygens (including phenoxy) is 1. The zero-order chi connectivity index (χ0) is 32.3. The van der Waals surface area contributed by atoms with Crippen molar-refractivity contribution < 1.29 is 32.3 Å². The second-order valence-electron chi connectivity index (χ2n) is 11.3. The van der Waals surface area contributed by atoms with E-state index in [1.165, 1.54) is 28.3 Å². The fourth-order valence-electron chi connectivity index (χ4n) is 6.10. The molecular weight excluding hydrogens is 583 g/mol. The Morgan fingerprint density at radius 1 is 0.911 bits per heavy atom. The number of rotatable bonds is 7. The first-order chi connectivity index (χ1) is 21.5. The number of amides is 2. The van der Waals surface area contributed by atoms with Gasteiger partial charge in [-0.05, 0) is 67.8 Å². The van der Waals surface area contributed by atoms with Gasteiger partial charge in [0.2, 0.25) is 5.91 Å². The number of anilines is 1. The molecule has 1 unspecified atom stereocenters. The summed E-state index contributed by atoms with van der Waals surface area (Å²) in [6.07, 6.45) is -4.61. The Bertz CT molecular complexity index is 1610. The Kier molecular flexibility index (Phi) is 9.32. The molecule has 2 heterocycles. The second-order valence-corrected chi connectivity index (χ2v) is 11.3. The highest BCUT2D eigenvalue weighted by Crippen LogP contribution is 2.39. The first-order valence-corrected chi connectivity index (χ1v) is 15.0. The highest BCUT2D eigenvalue weighted by Gasteiger charge is 2.38. The van der Waals surface area contributed by atoms with Crippen LogP contribution in [0.1, 0.15) is 58.8 Å². The molecule has 7 nitrogen and oxygen atoms in total. The SMILES string of the molecule is CCOC(=O)C1=C(C)N(Cc2cccc(C(=O)N3CCN(c4ccccc4C)CC3)c2)C(=O)CC1c1ccc(C(F)(F)F)cc1. The lowest BCUT2D eigenvalue weighted by molar-refractivity contribution is -0.140. The minimum absolute atomic E-state index is 0.0897. The highest BCUT2D eigenvalue weighted by molar-refractivity contribution is 5.96. The Labute approximate surface area is 260 Å². The number of alkyl halides is 3. The third kappa shape index (κ3) is 6.90. The molecule has 0 N–H and O–H groups in total. The largest absolute Gasteiger partial charge is 0.463 e. The molecular formula is C35H36F3N3O4. The fraction of sp³-hybridized carbons (Fsp3) is 0.343. The molecule has 10 heteroatoms. The van der Waals surface area contributed by atoms with Gasteiger partial charge in [0.25, 0.3) is 5.91 Å². The zero-order valence-corrected chi connectivity index (χ0v) is 25.6. The van der Waals surface area contributed by atoms with Crippen LogP contribution in [0.5, 0.6) is 0 Å². The summed E-state index contributed by atoms with van der Waals surface area (Å²) in [4.78, 5) is 45.7. The number of para-hydroxylation sites is 1. The second kappa shape index (κ2) is 13.2. The number of halogens is 3. The van der Waals surface area contributed by atoms with E-state index in [0.29, 0.717) is 35.5 Å². The van der Waals surface area contributed by atoms with Crippen LogP contribution in [0.25, 0.3) is 0 Å². The van der Waals surface area contributed by atoms with Gasteiger partial charge in [-0.15, -0.1) is 0 Å². The van der Waals surface area contributed by atoms with E-state index in [1.54, 1.807) is 32.0 Å². The van der Waals surface area contributed by atoms with Gasteiger partial charge in [-0.25, -0.2) is 4.79 Å². The number of allylic oxidation sites excluding steroid dienone is 1. The van der Waals surface area contributed by atoms with Crippen molar-refractivity contribution >= 4 is 23.5 Å². The smallest absolute Gasteiger partial charge is 0.416 e. The molecule has 3 aromatic carbocycles. The van der Waals surface area contributed by atoms with Crippen molar-refractivity contribution in [3.8, 4) is 0 Å². The van der Waals surface area contributed by atoms with E-state index in [-0.39, 0.29) is 37.0 Å². The van der Waals surface area contributed by atoms with Crippen LogP contribution >= 0.6 is 0 Å². The Morgan fingerprint density at radius 2 is 1.60 bits per heavy atom. The number of piperazine rings is 1. The van der Waals surface area contributed by atoms with Gasteiger partial charge in [0.1, 0.15) is 0 Å². The van der Waals surface area contributed by atoms with E-state index < -0.39 is 23.6 Å². The minimum Gasteiger partial charge on any atom is -0.463 e. The highest BCUT2D eigenvalue weighted by atomic mass is 19.4. The van der Waals surface area contributed by atoms with Crippen LogP contribution in [0.4, 0.5) is 18.9 Å². The average Bonchev–Trinajstić information content (AvgIpc) is 3.02. The Balaban J connectivity index is 1.34. The Hall–Kier alpha value is -4.60. The summed E-state index contributed by atoms with van der Waals surface area (Å²) in [7, 11) is 0. The van der Waals surface area contributed by atoms with Crippen molar-refractivity contribution in [3.63, 3.8) is 0 Å². The maximum Gasteiger partial charge on any atom is 0.416 e. The molecule has 0 saturated carbocycles. The number of aryl methyl sites for hydroxylation is 1. The van der Waals surface area contributed by atoms with E-state index in [2.05, 4.69) is 24.0 Å². The van der Waals surface area contributed by atoms with Crippen LogP contribution in [0.3, 0.4) is 0 Å². The molecule has 5 rings (SSSR count). The van der Waals surface area contributed by atoms with Crippen molar-refractivity contribution in [2.45, 2.75) is 45.8 Å². The molecule has 0 aromatic heterocycles. The van der Waals surface area contributed by atoms with Gasteiger partial charge in [-0.3, -0.25) is 9.59 Å². The van der Waals surface area contributed by atoms with Gasteiger partial charge in [-0.1, -0.05) is 42.5 Å². The maximum atomic E-state index is 13.5. The standard InChI is InChI=1S/C35H36F3N3O4/c1-4-45-34(44)32-24(3)41(31(42)21-29(32)26-12-14-28(15-13-26)35(36,37)38)22-25-9-7-10-27(20-25)33(43)40-18-16-39(17-19-40)30-11-6-5-8-23(30)2/h5-15,20,29H,4,16-19,21-22H2,1-3H3. The summed E-state index contributed by atoms with van der Waals surface area (Å²) in [5.41, 5.74) is 3.81. The summed E-state index contributed by atoms with van der Waals surface area (Å²) in [6, 6.07) is 19.8. The summed E-state index contributed by atoms with van der Waals surface area (Å²) < 4.78 is 44.8. The number of carbonyl (C=O) groups excluding carboxylic acids is 3. The topological polar surface area (TPSA) is 70.2 Å². The molecule has 0 spiro atoms.